The third-order valence-electron chi connectivity index (χ3n) is 1.94. The zero-order valence-corrected chi connectivity index (χ0v) is 10.0. The van der Waals surface area contributed by atoms with E-state index in [1.54, 1.807) is 0 Å². The lowest BCUT2D eigenvalue weighted by atomic mass is 10.3. The third-order valence-corrected chi connectivity index (χ3v) is 2.50. The molecular weight excluding hydrogens is 290 g/mol. The van der Waals surface area contributed by atoms with Crippen LogP contribution in [-0.2, 0) is 0 Å². The number of hydrazine groups is 1. The van der Waals surface area contributed by atoms with E-state index in [0.29, 0.717) is 10.3 Å². The Morgan fingerprint density at radius 1 is 1.47 bits per heavy atom. The summed E-state index contributed by atoms with van der Waals surface area (Å²) in [7, 11) is 0. The van der Waals surface area contributed by atoms with Gasteiger partial charge in [-0.15, -0.1) is 0 Å². The summed E-state index contributed by atoms with van der Waals surface area (Å²) >= 11 is 3.27. The van der Waals surface area contributed by atoms with Crippen LogP contribution in [0.15, 0.2) is 23.1 Å². The molecule has 5 N–H and O–H groups in total. The Kier molecular flexibility index (Phi) is 3.02. The van der Waals surface area contributed by atoms with Gasteiger partial charge in [0.05, 0.1) is 16.2 Å². The fourth-order valence-electron chi connectivity index (χ4n) is 1.15. The van der Waals surface area contributed by atoms with Crippen LogP contribution in [0.4, 0.5) is 5.95 Å². The number of carbonyl (C=O) groups excluding carboxylic acids is 1. The molecule has 0 saturated heterocycles. The summed E-state index contributed by atoms with van der Waals surface area (Å²) in [6.07, 6.45) is 4.34. The predicted molar refractivity (Wildman–Crippen MR) is 63.2 cm³/mol. The molecule has 0 bridgehead atoms. The van der Waals surface area contributed by atoms with Crippen LogP contribution >= 0.6 is 15.9 Å². The Morgan fingerprint density at radius 2 is 2.24 bits per heavy atom. The second-order valence-electron chi connectivity index (χ2n) is 3.05. The van der Waals surface area contributed by atoms with Gasteiger partial charge in [0.2, 0.25) is 5.95 Å². The van der Waals surface area contributed by atoms with E-state index in [9.17, 15) is 4.79 Å². The Morgan fingerprint density at radius 3 is 2.82 bits per heavy atom. The lowest BCUT2D eigenvalue weighted by Crippen LogP contribution is -2.12. The molecule has 17 heavy (non-hydrogen) atoms. The lowest BCUT2D eigenvalue weighted by Gasteiger charge is -2.04. The summed E-state index contributed by atoms with van der Waals surface area (Å²) in [5.74, 6) is 5.33. The van der Waals surface area contributed by atoms with E-state index in [4.69, 9.17) is 11.6 Å². The van der Waals surface area contributed by atoms with Crippen molar-refractivity contribution in [2.24, 2.45) is 11.6 Å². The number of hydrogen-bond donors (Lipinski definition) is 3. The molecule has 0 saturated carbocycles. The molecule has 9 heteroatoms. The molecule has 0 aliphatic rings. The number of nitrogens with zero attached hydrogens (tertiary/aromatic N) is 4. The van der Waals surface area contributed by atoms with Crippen LogP contribution in [-0.4, -0.2) is 25.7 Å². The van der Waals surface area contributed by atoms with Gasteiger partial charge in [-0.3, -0.25) is 10.2 Å². The van der Waals surface area contributed by atoms with Crippen LogP contribution in [0.5, 0.6) is 0 Å². The number of carbonyl (C=O) groups is 1. The number of anilines is 1. The summed E-state index contributed by atoms with van der Waals surface area (Å²) in [5, 5.41) is 3.97. The molecule has 0 aliphatic heterocycles. The van der Waals surface area contributed by atoms with Gasteiger partial charge in [-0.2, -0.15) is 10.1 Å². The highest BCUT2D eigenvalue weighted by Crippen LogP contribution is 2.18. The molecular formula is C8H8BrN7O. The first kappa shape index (κ1) is 11.5. The van der Waals surface area contributed by atoms with E-state index < -0.39 is 5.91 Å². The minimum atomic E-state index is -0.557. The number of rotatable bonds is 3. The van der Waals surface area contributed by atoms with Crippen molar-refractivity contribution in [3.8, 4) is 5.82 Å². The molecule has 8 nitrogen and oxygen atoms in total. The number of aromatic nitrogens is 4. The van der Waals surface area contributed by atoms with Gasteiger partial charge in [0, 0.05) is 12.4 Å². The first-order valence-corrected chi connectivity index (χ1v) is 5.25. The maximum atomic E-state index is 10.9. The molecule has 0 radical (unpaired) electrons. The van der Waals surface area contributed by atoms with Crippen LogP contribution in [0.25, 0.3) is 5.82 Å². The summed E-state index contributed by atoms with van der Waals surface area (Å²) in [5.41, 5.74) is 7.74. The van der Waals surface area contributed by atoms with E-state index in [2.05, 4.69) is 36.4 Å². The van der Waals surface area contributed by atoms with Crippen LogP contribution in [0.3, 0.4) is 0 Å². The van der Waals surface area contributed by atoms with E-state index in [0.717, 1.165) is 0 Å². The quantitative estimate of drug-likeness (QED) is 0.533. The smallest absolute Gasteiger partial charge is 0.251 e. The number of halogens is 1. The van der Waals surface area contributed by atoms with Crippen LogP contribution in [0.1, 0.15) is 10.4 Å². The normalized spacial score (nSPS) is 10.2. The second kappa shape index (κ2) is 4.47. The summed E-state index contributed by atoms with van der Waals surface area (Å²) in [6, 6.07) is 0. The van der Waals surface area contributed by atoms with Crippen molar-refractivity contribution in [3.05, 3.63) is 28.6 Å². The minimum absolute atomic E-state index is 0.235. The Balaban J connectivity index is 2.47. The molecule has 0 aliphatic carbocycles. The van der Waals surface area contributed by atoms with E-state index in [1.807, 2.05) is 0 Å². The Labute approximate surface area is 104 Å². The average Bonchev–Trinajstić information content (AvgIpc) is 2.79. The minimum Gasteiger partial charge on any atom is -0.366 e. The van der Waals surface area contributed by atoms with E-state index >= 15 is 0 Å². The molecule has 88 valence electrons. The molecule has 0 fully saturated rings. The summed E-state index contributed by atoms with van der Waals surface area (Å²) < 4.78 is 2.00. The number of nitrogens with one attached hydrogen (secondary N) is 1. The van der Waals surface area contributed by atoms with Crippen LogP contribution < -0.4 is 17.0 Å². The molecule has 1 amide bonds. The largest absolute Gasteiger partial charge is 0.366 e. The summed E-state index contributed by atoms with van der Waals surface area (Å²) in [4.78, 5) is 18.9. The SMILES string of the molecule is NNc1ncc(Br)c(-n2cc(C(N)=O)cn2)n1. The molecule has 2 aromatic rings. The van der Waals surface area contributed by atoms with Gasteiger partial charge in [-0.05, 0) is 15.9 Å². The molecule has 2 aromatic heterocycles. The number of amides is 1. The van der Waals surface area contributed by atoms with Crippen molar-refractivity contribution in [3.63, 3.8) is 0 Å². The second-order valence-corrected chi connectivity index (χ2v) is 3.90. The third kappa shape index (κ3) is 2.24. The molecule has 2 heterocycles. The fourth-order valence-corrected chi connectivity index (χ4v) is 1.53. The number of primary amides is 1. The van der Waals surface area contributed by atoms with Crippen LogP contribution in [0, 0.1) is 0 Å². The van der Waals surface area contributed by atoms with Crippen molar-refractivity contribution in [1.82, 2.24) is 19.7 Å². The van der Waals surface area contributed by atoms with Crippen molar-refractivity contribution < 1.29 is 4.79 Å². The standard InChI is InChI=1S/C8H8BrN7O/c9-5-2-12-8(15-11)14-7(5)16-3-4(1-13-16)6(10)17/h1-3H,11H2,(H2,10,17)(H,12,14,15). The van der Waals surface area contributed by atoms with Gasteiger partial charge in [0.15, 0.2) is 5.82 Å². The number of nitrogen functional groups attached to an aromatic ring is 1. The van der Waals surface area contributed by atoms with Gasteiger partial charge < -0.3 is 5.73 Å². The lowest BCUT2D eigenvalue weighted by molar-refractivity contribution is 0.100. The highest BCUT2D eigenvalue weighted by molar-refractivity contribution is 9.10. The summed E-state index contributed by atoms with van der Waals surface area (Å²) in [6.45, 7) is 0. The van der Waals surface area contributed by atoms with Gasteiger partial charge in [-0.1, -0.05) is 0 Å². The van der Waals surface area contributed by atoms with Gasteiger partial charge in [0.25, 0.3) is 5.91 Å². The molecule has 0 aromatic carbocycles. The fraction of sp³-hybridized carbons (Fsp3) is 0. The molecule has 0 unspecified atom stereocenters. The Hall–Kier alpha value is -2.00. The maximum absolute atomic E-state index is 10.9. The highest BCUT2D eigenvalue weighted by Gasteiger charge is 2.10. The predicted octanol–water partition coefficient (Wildman–Crippen LogP) is -0.191. The molecule has 0 atom stereocenters. The van der Waals surface area contributed by atoms with Gasteiger partial charge in [-0.25, -0.2) is 15.5 Å². The Bertz CT molecular complexity index is 567. The van der Waals surface area contributed by atoms with Gasteiger partial charge in [0.1, 0.15) is 0 Å². The maximum Gasteiger partial charge on any atom is 0.251 e. The average molecular weight is 298 g/mol. The highest BCUT2D eigenvalue weighted by atomic mass is 79.9. The molecule has 0 spiro atoms. The van der Waals surface area contributed by atoms with Crippen molar-refractivity contribution in [2.75, 3.05) is 5.43 Å². The van der Waals surface area contributed by atoms with Crippen molar-refractivity contribution in [1.29, 1.82) is 0 Å². The van der Waals surface area contributed by atoms with Crippen molar-refractivity contribution >= 4 is 27.8 Å². The zero-order chi connectivity index (χ0) is 12.4. The zero-order valence-electron chi connectivity index (χ0n) is 8.46. The van der Waals surface area contributed by atoms with E-state index in [1.165, 1.54) is 23.3 Å². The molecule has 2 rings (SSSR count). The topological polar surface area (TPSA) is 125 Å². The van der Waals surface area contributed by atoms with Crippen molar-refractivity contribution in [2.45, 2.75) is 0 Å². The monoisotopic (exact) mass is 297 g/mol. The number of hydrogen-bond acceptors (Lipinski definition) is 6. The first-order valence-electron chi connectivity index (χ1n) is 4.46. The number of nitrogens with two attached hydrogens (primary N) is 2. The first-order chi connectivity index (χ1) is 8.11. The van der Waals surface area contributed by atoms with Crippen LogP contribution in [0.2, 0.25) is 0 Å². The van der Waals surface area contributed by atoms with E-state index in [-0.39, 0.29) is 11.5 Å². The van der Waals surface area contributed by atoms with Gasteiger partial charge >= 0.3 is 0 Å².